The minimum absolute atomic E-state index is 0.353. The highest BCUT2D eigenvalue weighted by Gasteiger charge is 2.30. The van der Waals surface area contributed by atoms with E-state index >= 15 is 0 Å². The summed E-state index contributed by atoms with van der Waals surface area (Å²) in [6.07, 6.45) is 2.32. The van der Waals surface area contributed by atoms with Gasteiger partial charge in [0.2, 0.25) is 10.0 Å². The van der Waals surface area contributed by atoms with Crippen LogP contribution in [0.25, 0.3) is 0 Å². The van der Waals surface area contributed by atoms with E-state index in [1.54, 1.807) is 0 Å². The number of nitrogens with one attached hydrogen (secondary N) is 1. The molecule has 0 aliphatic carbocycles. The van der Waals surface area contributed by atoms with Crippen LogP contribution in [0.1, 0.15) is 26.7 Å². The fourth-order valence-electron chi connectivity index (χ4n) is 1.25. The fourth-order valence-corrected chi connectivity index (χ4v) is 5.58. The maximum Gasteiger partial charge on any atom is 0.213 e. The molecule has 0 spiro atoms. The van der Waals surface area contributed by atoms with Crippen LogP contribution in [0.3, 0.4) is 0 Å². The Morgan fingerprint density at radius 1 is 1.06 bits per heavy atom. The molecule has 17 heavy (non-hydrogen) atoms. The average Bonchev–Trinajstić information content (AvgIpc) is 2.23. The van der Waals surface area contributed by atoms with E-state index in [4.69, 9.17) is 0 Å². The van der Waals surface area contributed by atoms with Crippen molar-refractivity contribution in [3.63, 3.8) is 0 Å². The molecular formula is C9H20BrNO4S2. The van der Waals surface area contributed by atoms with Crippen molar-refractivity contribution in [3.05, 3.63) is 0 Å². The summed E-state index contributed by atoms with van der Waals surface area (Å²) in [7, 11) is -6.83. The molecule has 5 nitrogen and oxygen atoms in total. The zero-order chi connectivity index (χ0) is 13.7. The molecule has 0 heterocycles. The summed E-state index contributed by atoms with van der Waals surface area (Å²) in [4.78, 5) is 0. The Hall–Kier alpha value is 0.340. The van der Waals surface area contributed by atoms with Crippen LogP contribution in [0.15, 0.2) is 0 Å². The molecule has 0 bridgehead atoms. The second kappa shape index (κ2) is 6.49. The summed E-state index contributed by atoms with van der Waals surface area (Å²) < 4.78 is 48.0. The van der Waals surface area contributed by atoms with Crippen molar-refractivity contribution in [1.29, 1.82) is 0 Å². The predicted molar refractivity (Wildman–Crippen MR) is 73.7 cm³/mol. The first-order valence-corrected chi connectivity index (χ1v) is 10.2. The van der Waals surface area contributed by atoms with Gasteiger partial charge in [-0.2, -0.15) is 0 Å². The lowest BCUT2D eigenvalue weighted by atomic mass is 9.97. The third kappa shape index (κ3) is 6.73. The first kappa shape index (κ1) is 17.3. The van der Waals surface area contributed by atoms with E-state index < -0.39 is 25.4 Å². The van der Waals surface area contributed by atoms with Gasteiger partial charge in [0.1, 0.15) is 9.84 Å². The molecule has 0 aromatic rings. The Balaban J connectivity index is 4.75. The fraction of sp³-hybridized carbons (Fsp3) is 1.00. The van der Waals surface area contributed by atoms with Gasteiger partial charge in [0, 0.05) is 17.1 Å². The van der Waals surface area contributed by atoms with Crippen molar-refractivity contribution in [2.45, 2.75) is 32.2 Å². The second-order valence-electron chi connectivity index (χ2n) is 4.17. The highest BCUT2D eigenvalue weighted by atomic mass is 79.9. The van der Waals surface area contributed by atoms with Crippen LogP contribution < -0.4 is 4.72 Å². The Morgan fingerprint density at radius 3 is 1.82 bits per heavy atom. The summed E-state index contributed by atoms with van der Waals surface area (Å²) in [6, 6.07) is 0. The number of sulfone groups is 1. The monoisotopic (exact) mass is 349 g/mol. The molecule has 0 aromatic heterocycles. The van der Waals surface area contributed by atoms with Gasteiger partial charge in [-0.25, -0.2) is 21.6 Å². The summed E-state index contributed by atoms with van der Waals surface area (Å²) in [5.74, 6) is -0.741. The third-order valence-electron chi connectivity index (χ3n) is 2.70. The Kier molecular flexibility index (Phi) is 6.62. The molecule has 0 unspecified atom stereocenters. The molecule has 0 saturated heterocycles. The predicted octanol–water partition coefficient (Wildman–Crippen LogP) is 0.904. The van der Waals surface area contributed by atoms with E-state index in [-0.39, 0.29) is 11.5 Å². The molecule has 0 saturated carbocycles. The average molecular weight is 350 g/mol. The molecule has 0 aliphatic heterocycles. The third-order valence-corrected chi connectivity index (χ3v) is 6.47. The number of alkyl halides is 1. The number of hydrogen-bond donors (Lipinski definition) is 1. The van der Waals surface area contributed by atoms with E-state index in [2.05, 4.69) is 20.7 Å². The summed E-state index contributed by atoms with van der Waals surface area (Å²) in [5.41, 5.74) is -0.531. The van der Waals surface area contributed by atoms with Crippen molar-refractivity contribution in [2.24, 2.45) is 0 Å². The molecule has 0 atom stereocenters. The molecule has 0 radical (unpaired) electrons. The molecule has 0 aromatic carbocycles. The number of hydrogen-bond acceptors (Lipinski definition) is 4. The Labute approximate surface area is 112 Å². The van der Waals surface area contributed by atoms with Crippen LogP contribution in [0, 0.1) is 0 Å². The van der Waals surface area contributed by atoms with Gasteiger partial charge in [-0.05, 0) is 12.8 Å². The Morgan fingerprint density at radius 2 is 1.53 bits per heavy atom. The van der Waals surface area contributed by atoms with Gasteiger partial charge in [0.25, 0.3) is 0 Å². The summed E-state index contributed by atoms with van der Waals surface area (Å²) in [5, 5.41) is 0.505. The van der Waals surface area contributed by atoms with Crippen LogP contribution in [-0.4, -0.2) is 45.5 Å². The second-order valence-corrected chi connectivity index (χ2v) is 8.83. The topological polar surface area (TPSA) is 80.3 Å². The SMILES string of the molecule is CCC(CC)(CBr)NS(=O)(=O)CCS(C)(=O)=O. The zero-order valence-electron chi connectivity index (χ0n) is 10.4. The van der Waals surface area contributed by atoms with Crippen LogP contribution in [0.2, 0.25) is 0 Å². The molecule has 1 N–H and O–H groups in total. The quantitative estimate of drug-likeness (QED) is 0.660. The molecule has 8 heteroatoms. The van der Waals surface area contributed by atoms with Crippen molar-refractivity contribution < 1.29 is 16.8 Å². The minimum atomic E-state index is -3.57. The lowest BCUT2D eigenvalue weighted by Crippen LogP contribution is -2.50. The lowest BCUT2D eigenvalue weighted by molar-refractivity contribution is 0.399. The van der Waals surface area contributed by atoms with Crippen LogP contribution >= 0.6 is 15.9 Å². The summed E-state index contributed by atoms with van der Waals surface area (Å²) in [6.45, 7) is 3.79. The maximum absolute atomic E-state index is 11.8. The molecule has 0 amide bonds. The van der Waals surface area contributed by atoms with Gasteiger partial charge in [-0.1, -0.05) is 29.8 Å². The number of rotatable bonds is 8. The lowest BCUT2D eigenvalue weighted by Gasteiger charge is -2.30. The van der Waals surface area contributed by atoms with Gasteiger partial charge in [0.05, 0.1) is 11.5 Å². The highest BCUT2D eigenvalue weighted by Crippen LogP contribution is 2.19. The van der Waals surface area contributed by atoms with Crippen LogP contribution in [0.4, 0.5) is 0 Å². The van der Waals surface area contributed by atoms with Gasteiger partial charge in [0.15, 0.2) is 0 Å². The summed E-state index contributed by atoms with van der Waals surface area (Å²) >= 11 is 3.29. The van der Waals surface area contributed by atoms with E-state index in [0.29, 0.717) is 18.2 Å². The normalized spacial score (nSPS) is 13.9. The van der Waals surface area contributed by atoms with Gasteiger partial charge < -0.3 is 0 Å². The number of sulfonamides is 1. The smallest absolute Gasteiger partial charge is 0.213 e. The van der Waals surface area contributed by atoms with Gasteiger partial charge in [-0.3, -0.25) is 0 Å². The molecular weight excluding hydrogens is 330 g/mol. The zero-order valence-corrected chi connectivity index (χ0v) is 13.6. The van der Waals surface area contributed by atoms with E-state index in [1.807, 2.05) is 13.8 Å². The van der Waals surface area contributed by atoms with E-state index in [9.17, 15) is 16.8 Å². The molecule has 0 aliphatic rings. The molecule has 0 fully saturated rings. The standard InChI is InChI=1S/C9H20BrNO4S2/c1-4-9(5-2,8-10)11-17(14,15)7-6-16(3,12)13/h11H,4-8H2,1-3H3. The first-order chi connectivity index (χ1) is 7.60. The highest BCUT2D eigenvalue weighted by molar-refractivity contribution is 9.09. The number of halogens is 1. The molecule has 104 valence electrons. The molecule has 0 rings (SSSR count). The van der Waals surface area contributed by atoms with Crippen LogP contribution in [-0.2, 0) is 19.9 Å². The minimum Gasteiger partial charge on any atom is -0.229 e. The van der Waals surface area contributed by atoms with Crippen molar-refractivity contribution >= 4 is 35.8 Å². The largest absolute Gasteiger partial charge is 0.229 e. The van der Waals surface area contributed by atoms with Crippen molar-refractivity contribution in [3.8, 4) is 0 Å². The van der Waals surface area contributed by atoms with Crippen LogP contribution in [0.5, 0.6) is 0 Å². The van der Waals surface area contributed by atoms with Crippen molar-refractivity contribution in [2.75, 3.05) is 23.1 Å². The maximum atomic E-state index is 11.8. The Bertz CT molecular complexity index is 418. The van der Waals surface area contributed by atoms with Crippen molar-refractivity contribution in [1.82, 2.24) is 4.72 Å². The van der Waals surface area contributed by atoms with E-state index in [1.165, 1.54) is 0 Å². The first-order valence-electron chi connectivity index (χ1n) is 5.35. The van der Waals surface area contributed by atoms with Gasteiger partial charge >= 0.3 is 0 Å². The van der Waals surface area contributed by atoms with E-state index in [0.717, 1.165) is 6.26 Å². The van der Waals surface area contributed by atoms with Gasteiger partial charge in [-0.15, -0.1) is 0 Å².